The third kappa shape index (κ3) is 2.52. The topological polar surface area (TPSA) is 95.1 Å². The number of aromatic amines is 1. The monoisotopic (exact) mass is 251 g/mol. The summed E-state index contributed by atoms with van der Waals surface area (Å²) in [6.07, 6.45) is 4.12. The fourth-order valence-electron chi connectivity index (χ4n) is 2.36. The lowest BCUT2D eigenvalue weighted by Crippen LogP contribution is -2.22. The number of carbonyl (C=O) groups is 2. The standard InChI is InChI=1S/C12H17N3O3/c1-2-7-6-13-15-10(7)14-11(16)8-3-4-9(5-8)12(17)18/h6,8-9H,2-5H2,1H3,(H,17,18)(H2,13,14,15,16). The molecule has 0 saturated heterocycles. The van der Waals surface area contributed by atoms with Crippen molar-refractivity contribution >= 4 is 17.7 Å². The number of carboxylic acid groups (broad SMARTS) is 1. The summed E-state index contributed by atoms with van der Waals surface area (Å²) >= 11 is 0. The number of hydrogen-bond acceptors (Lipinski definition) is 3. The molecule has 2 unspecified atom stereocenters. The van der Waals surface area contributed by atoms with Crippen LogP contribution in [0.5, 0.6) is 0 Å². The second kappa shape index (κ2) is 5.20. The maximum atomic E-state index is 12.0. The van der Waals surface area contributed by atoms with E-state index in [2.05, 4.69) is 15.5 Å². The summed E-state index contributed by atoms with van der Waals surface area (Å²) in [6, 6.07) is 0. The zero-order valence-corrected chi connectivity index (χ0v) is 10.3. The molecule has 1 aliphatic carbocycles. The number of amides is 1. The predicted molar refractivity (Wildman–Crippen MR) is 65.1 cm³/mol. The second-order valence-corrected chi connectivity index (χ2v) is 4.66. The Balaban J connectivity index is 1.95. The molecule has 0 spiro atoms. The van der Waals surface area contributed by atoms with E-state index in [4.69, 9.17) is 5.11 Å². The number of aromatic nitrogens is 2. The van der Waals surface area contributed by atoms with Crippen molar-refractivity contribution in [3.63, 3.8) is 0 Å². The van der Waals surface area contributed by atoms with Crippen molar-refractivity contribution in [2.45, 2.75) is 32.6 Å². The molecule has 1 heterocycles. The summed E-state index contributed by atoms with van der Waals surface area (Å²) in [6.45, 7) is 1.98. The molecule has 6 nitrogen and oxygen atoms in total. The Hall–Kier alpha value is -1.85. The highest BCUT2D eigenvalue weighted by molar-refractivity contribution is 5.93. The summed E-state index contributed by atoms with van der Waals surface area (Å²) in [5.41, 5.74) is 0.955. The van der Waals surface area contributed by atoms with Crippen LogP contribution in [-0.4, -0.2) is 27.2 Å². The number of nitrogens with one attached hydrogen (secondary N) is 2. The normalized spacial score (nSPS) is 22.9. The predicted octanol–water partition coefficient (Wildman–Crippen LogP) is 1.41. The number of nitrogens with zero attached hydrogens (tertiary/aromatic N) is 1. The molecular weight excluding hydrogens is 234 g/mol. The third-order valence-corrected chi connectivity index (χ3v) is 3.50. The van der Waals surface area contributed by atoms with Crippen molar-refractivity contribution in [3.05, 3.63) is 11.8 Å². The van der Waals surface area contributed by atoms with E-state index in [0.29, 0.717) is 25.1 Å². The van der Waals surface area contributed by atoms with Gasteiger partial charge >= 0.3 is 5.97 Å². The zero-order chi connectivity index (χ0) is 13.1. The zero-order valence-electron chi connectivity index (χ0n) is 10.3. The molecule has 6 heteroatoms. The highest BCUT2D eigenvalue weighted by Crippen LogP contribution is 2.31. The summed E-state index contributed by atoms with van der Waals surface area (Å²) in [5.74, 6) is -0.882. The minimum atomic E-state index is -0.805. The summed E-state index contributed by atoms with van der Waals surface area (Å²) in [4.78, 5) is 22.8. The van der Waals surface area contributed by atoms with E-state index < -0.39 is 5.97 Å². The Morgan fingerprint density at radius 2 is 2.22 bits per heavy atom. The van der Waals surface area contributed by atoms with Crippen LogP contribution in [0, 0.1) is 11.8 Å². The van der Waals surface area contributed by atoms with Gasteiger partial charge in [-0.2, -0.15) is 5.10 Å². The number of aliphatic carboxylic acids is 1. The maximum Gasteiger partial charge on any atom is 0.306 e. The number of carbonyl (C=O) groups excluding carboxylic acids is 1. The fourth-order valence-corrected chi connectivity index (χ4v) is 2.36. The Kier molecular flexibility index (Phi) is 3.64. The molecule has 1 fully saturated rings. The molecule has 1 aromatic heterocycles. The molecule has 0 radical (unpaired) electrons. The van der Waals surface area contributed by atoms with Crippen LogP contribution in [0.2, 0.25) is 0 Å². The van der Waals surface area contributed by atoms with Gasteiger partial charge < -0.3 is 10.4 Å². The Morgan fingerprint density at radius 3 is 2.83 bits per heavy atom. The first-order valence-corrected chi connectivity index (χ1v) is 6.17. The van der Waals surface area contributed by atoms with Crippen molar-refractivity contribution in [3.8, 4) is 0 Å². The lowest BCUT2D eigenvalue weighted by Gasteiger charge is -2.10. The second-order valence-electron chi connectivity index (χ2n) is 4.66. The molecule has 1 aliphatic rings. The molecule has 18 heavy (non-hydrogen) atoms. The van der Waals surface area contributed by atoms with Crippen LogP contribution in [0.4, 0.5) is 5.82 Å². The van der Waals surface area contributed by atoms with E-state index in [1.165, 1.54) is 0 Å². The van der Waals surface area contributed by atoms with E-state index in [1.54, 1.807) is 6.20 Å². The molecule has 2 atom stereocenters. The van der Waals surface area contributed by atoms with Gasteiger partial charge in [0.2, 0.25) is 5.91 Å². The number of hydrogen-bond donors (Lipinski definition) is 3. The Bertz CT molecular complexity index is 455. The molecule has 98 valence electrons. The van der Waals surface area contributed by atoms with Gasteiger partial charge in [-0.3, -0.25) is 14.7 Å². The average molecular weight is 251 g/mol. The lowest BCUT2D eigenvalue weighted by atomic mass is 10.0. The van der Waals surface area contributed by atoms with Gasteiger partial charge in [-0.15, -0.1) is 0 Å². The van der Waals surface area contributed by atoms with Crippen molar-refractivity contribution in [2.24, 2.45) is 11.8 Å². The van der Waals surface area contributed by atoms with Crippen molar-refractivity contribution in [1.82, 2.24) is 10.2 Å². The van der Waals surface area contributed by atoms with Crippen LogP contribution in [0.25, 0.3) is 0 Å². The number of aryl methyl sites for hydroxylation is 1. The first-order valence-electron chi connectivity index (χ1n) is 6.17. The van der Waals surface area contributed by atoms with Crippen LogP contribution >= 0.6 is 0 Å². The lowest BCUT2D eigenvalue weighted by molar-refractivity contribution is -0.141. The molecule has 1 aromatic rings. The molecule has 0 aliphatic heterocycles. The van der Waals surface area contributed by atoms with Gasteiger partial charge in [0, 0.05) is 11.5 Å². The molecule has 0 aromatic carbocycles. The number of carboxylic acids is 1. The number of rotatable bonds is 4. The summed E-state index contributed by atoms with van der Waals surface area (Å²) in [7, 11) is 0. The van der Waals surface area contributed by atoms with Gasteiger partial charge in [0.05, 0.1) is 12.1 Å². The van der Waals surface area contributed by atoms with E-state index in [-0.39, 0.29) is 17.7 Å². The highest BCUT2D eigenvalue weighted by atomic mass is 16.4. The van der Waals surface area contributed by atoms with Gasteiger partial charge in [-0.05, 0) is 25.7 Å². The van der Waals surface area contributed by atoms with E-state index in [9.17, 15) is 9.59 Å². The third-order valence-electron chi connectivity index (χ3n) is 3.50. The van der Waals surface area contributed by atoms with Gasteiger partial charge in [-0.25, -0.2) is 0 Å². The number of anilines is 1. The minimum absolute atomic E-state index is 0.113. The van der Waals surface area contributed by atoms with Gasteiger partial charge in [0.15, 0.2) is 0 Å². The maximum absolute atomic E-state index is 12.0. The van der Waals surface area contributed by atoms with Crippen molar-refractivity contribution < 1.29 is 14.7 Å². The van der Waals surface area contributed by atoms with E-state index in [0.717, 1.165) is 12.0 Å². The molecule has 2 rings (SSSR count). The smallest absolute Gasteiger partial charge is 0.306 e. The average Bonchev–Trinajstić information content (AvgIpc) is 2.96. The Labute approximate surface area is 105 Å². The molecule has 3 N–H and O–H groups in total. The molecule has 1 saturated carbocycles. The quantitative estimate of drug-likeness (QED) is 0.754. The molecular formula is C12H17N3O3. The largest absolute Gasteiger partial charge is 0.481 e. The minimum Gasteiger partial charge on any atom is -0.481 e. The number of H-pyrrole nitrogens is 1. The van der Waals surface area contributed by atoms with Crippen LogP contribution < -0.4 is 5.32 Å². The first-order chi connectivity index (χ1) is 8.61. The van der Waals surface area contributed by atoms with Crippen LogP contribution in [0.15, 0.2) is 6.20 Å². The first kappa shape index (κ1) is 12.6. The Morgan fingerprint density at radius 1 is 1.50 bits per heavy atom. The van der Waals surface area contributed by atoms with Crippen LogP contribution in [0.3, 0.4) is 0 Å². The van der Waals surface area contributed by atoms with Gasteiger partial charge in [0.1, 0.15) is 5.82 Å². The van der Waals surface area contributed by atoms with E-state index in [1.807, 2.05) is 6.92 Å². The van der Waals surface area contributed by atoms with Gasteiger partial charge in [-0.1, -0.05) is 6.92 Å². The van der Waals surface area contributed by atoms with Crippen LogP contribution in [-0.2, 0) is 16.0 Å². The highest BCUT2D eigenvalue weighted by Gasteiger charge is 2.34. The summed E-state index contributed by atoms with van der Waals surface area (Å²) in [5, 5.41) is 18.3. The van der Waals surface area contributed by atoms with E-state index >= 15 is 0 Å². The van der Waals surface area contributed by atoms with Gasteiger partial charge in [0.25, 0.3) is 0 Å². The summed E-state index contributed by atoms with van der Waals surface area (Å²) < 4.78 is 0. The molecule has 1 amide bonds. The van der Waals surface area contributed by atoms with Crippen molar-refractivity contribution in [2.75, 3.05) is 5.32 Å². The fraction of sp³-hybridized carbons (Fsp3) is 0.583. The molecule has 0 bridgehead atoms. The van der Waals surface area contributed by atoms with Crippen LogP contribution in [0.1, 0.15) is 31.7 Å². The SMILES string of the molecule is CCc1cn[nH]c1NC(=O)C1CCC(C(=O)O)C1. The van der Waals surface area contributed by atoms with Crippen molar-refractivity contribution in [1.29, 1.82) is 0 Å².